The van der Waals surface area contributed by atoms with E-state index in [0.717, 1.165) is 12.7 Å². The maximum Gasteiger partial charge on any atom is 0.211 e. The second-order valence-electron chi connectivity index (χ2n) is 5.38. The van der Waals surface area contributed by atoms with Crippen LogP contribution >= 0.6 is 11.6 Å². The summed E-state index contributed by atoms with van der Waals surface area (Å²) in [6, 6.07) is 3.87. The van der Waals surface area contributed by atoms with Gasteiger partial charge in [0.25, 0.3) is 0 Å². The van der Waals surface area contributed by atoms with Crippen molar-refractivity contribution in [3.05, 3.63) is 34.6 Å². The van der Waals surface area contributed by atoms with Crippen molar-refractivity contribution in [2.75, 3.05) is 19.3 Å². The summed E-state index contributed by atoms with van der Waals surface area (Å²) in [5, 5.41) is 0.307. The number of benzene rings is 1. The molecule has 1 fully saturated rings. The molecule has 0 amide bonds. The van der Waals surface area contributed by atoms with Gasteiger partial charge in [0.05, 0.1) is 11.8 Å². The molecule has 0 saturated carbocycles. The quantitative estimate of drug-likeness (QED) is 0.796. The molecular weight excluding hydrogens is 317 g/mol. The summed E-state index contributed by atoms with van der Waals surface area (Å²) >= 11 is 5.78. The molecule has 1 aliphatic heterocycles. The van der Waals surface area contributed by atoms with Crippen LogP contribution in [0.2, 0.25) is 5.02 Å². The smallest absolute Gasteiger partial charge is 0.211 e. The van der Waals surface area contributed by atoms with Crippen LogP contribution in [-0.4, -0.2) is 37.9 Å². The van der Waals surface area contributed by atoms with Crippen LogP contribution in [0.5, 0.6) is 0 Å². The van der Waals surface area contributed by atoms with Gasteiger partial charge in [-0.3, -0.25) is 4.79 Å². The number of hydrogen-bond donors (Lipinski definition) is 0. The van der Waals surface area contributed by atoms with E-state index in [2.05, 4.69) is 0 Å². The molecule has 0 N–H and O–H groups in total. The first kappa shape index (κ1) is 16.4. The summed E-state index contributed by atoms with van der Waals surface area (Å²) in [6.07, 6.45) is 2.76. The van der Waals surface area contributed by atoms with Crippen molar-refractivity contribution in [3.8, 4) is 0 Å². The fourth-order valence-electron chi connectivity index (χ4n) is 2.58. The number of piperidine rings is 1. The summed E-state index contributed by atoms with van der Waals surface area (Å²) in [4.78, 5) is 12.2. The van der Waals surface area contributed by atoms with E-state index in [0.29, 0.717) is 24.5 Å². The van der Waals surface area contributed by atoms with Crippen LogP contribution in [0.15, 0.2) is 18.2 Å². The van der Waals surface area contributed by atoms with Crippen molar-refractivity contribution in [3.63, 3.8) is 0 Å². The summed E-state index contributed by atoms with van der Waals surface area (Å²) in [7, 11) is -3.25. The molecule has 1 atom stereocenters. The summed E-state index contributed by atoms with van der Waals surface area (Å²) < 4.78 is 38.1. The number of rotatable bonds is 4. The van der Waals surface area contributed by atoms with Gasteiger partial charge in [-0.2, -0.15) is 0 Å². The molecule has 1 heterocycles. The Balaban J connectivity index is 2.07. The highest BCUT2D eigenvalue weighted by Crippen LogP contribution is 2.24. The number of nitrogens with zero attached hydrogens (tertiary/aromatic N) is 1. The van der Waals surface area contributed by atoms with Crippen LogP contribution in [0.25, 0.3) is 0 Å². The minimum absolute atomic E-state index is 0.0287. The van der Waals surface area contributed by atoms with E-state index < -0.39 is 15.8 Å². The lowest BCUT2D eigenvalue weighted by atomic mass is 9.92. The Bertz CT molecular complexity index is 648. The first-order chi connectivity index (χ1) is 9.77. The molecule has 0 aromatic heterocycles. The number of sulfonamides is 1. The molecule has 21 heavy (non-hydrogen) atoms. The first-order valence-corrected chi connectivity index (χ1v) is 8.93. The average Bonchev–Trinajstić information content (AvgIpc) is 2.41. The number of carbonyl (C=O) groups is 1. The Labute approximate surface area is 128 Å². The highest BCUT2D eigenvalue weighted by molar-refractivity contribution is 7.88. The fraction of sp³-hybridized carbons (Fsp3) is 0.500. The van der Waals surface area contributed by atoms with E-state index in [-0.39, 0.29) is 23.7 Å². The normalized spacial score (nSPS) is 20.4. The van der Waals surface area contributed by atoms with Gasteiger partial charge in [-0.15, -0.1) is 0 Å². The summed E-state index contributed by atoms with van der Waals surface area (Å²) in [5.41, 5.74) is -0.0287. The standard InChI is InChI=1S/C14H17ClFNO3S/c1-21(19,20)17-6-2-3-10(9-17)7-14(18)12-8-11(15)4-5-13(12)16/h4-5,8,10H,2-3,6-7,9H2,1H3. The van der Waals surface area contributed by atoms with Crippen molar-refractivity contribution >= 4 is 27.4 Å². The minimum atomic E-state index is -3.25. The molecule has 1 unspecified atom stereocenters. The van der Waals surface area contributed by atoms with Crippen molar-refractivity contribution in [1.82, 2.24) is 4.31 Å². The molecule has 116 valence electrons. The molecule has 7 heteroatoms. The number of halogens is 2. The molecule has 0 spiro atoms. The highest BCUT2D eigenvalue weighted by Gasteiger charge is 2.28. The predicted molar refractivity (Wildman–Crippen MR) is 79.5 cm³/mol. The average molecular weight is 334 g/mol. The molecule has 0 bridgehead atoms. The topological polar surface area (TPSA) is 54.5 Å². The Morgan fingerprint density at radius 1 is 1.48 bits per heavy atom. The number of ketones is 1. The molecule has 1 aromatic rings. The van der Waals surface area contributed by atoms with E-state index in [1.54, 1.807) is 0 Å². The van der Waals surface area contributed by atoms with Gasteiger partial charge in [0.15, 0.2) is 5.78 Å². The lowest BCUT2D eigenvalue weighted by molar-refractivity contribution is 0.0938. The zero-order valence-corrected chi connectivity index (χ0v) is 13.3. The maximum absolute atomic E-state index is 13.7. The van der Waals surface area contributed by atoms with Crippen LogP contribution < -0.4 is 0 Å². The second kappa shape index (κ2) is 6.42. The van der Waals surface area contributed by atoms with Gasteiger partial charge in [0, 0.05) is 24.5 Å². The summed E-state index contributed by atoms with van der Waals surface area (Å²) in [6.45, 7) is 0.793. The number of carbonyl (C=O) groups excluding carboxylic acids is 1. The van der Waals surface area contributed by atoms with Gasteiger partial charge >= 0.3 is 0 Å². The van der Waals surface area contributed by atoms with E-state index in [1.165, 1.54) is 22.5 Å². The third kappa shape index (κ3) is 4.25. The van der Waals surface area contributed by atoms with E-state index in [4.69, 9.17) is 11.6 Å². The van der Waals surface area contributed by atoms with Crippen LogP contribution in [0.1, 0.15) is 29.6 Å². The van der Waals surface area contributed by atoms with Crippen LogP contribution in [0, 0.1) is 11.7 Å². The second-order valence-corrected chi connectivity index (χ2v) is 7.80. The third-order valence-electron chi connectivity index (χ3n) is 3.65. The van der Waals surface area contributed by atoms with Gasteiger partial charge < -0.3 is 0 Å². The van der Waals surface area contributed by atoms with Crippen molar-refractivity contribution < 1.29 is 17.6 Å². The molecule has 1 saturated heterocycles. The Hall–Kier alpha value is -0.980. The molecule has 2 rings (SSSR count). The third-order valence-corrected chi connectivity index (χ3v) is 5.16. The predicted octanol–water partition coefficient (Wildman–Crippen LogP) is 2.72. The van der Waals surface area contributed by atoms with E-state index in [9.17, 15) is 17.6 Å². The molecule has 0 radical (unpaired) electrons. The molecule has 1 aliphatic rings. The number of Topliss-reactive ketones (excluding diaryl/α,β-unsaturated/α-hetero) is 1. The van der Waals surface area contributed by atoms with Gasteiger partial charge in [0.2, 0.25) is 10.0 Å². The van der Waals surface area contributed by atoms with Crippen molar-refractivity contribution in [2.24, 2.45) is 5.92 Å². The van der Waals surface area contributed by atoms with Crippen LogP contribution in [-0.2, 0) is 10.0 Å². The van der Waals surface area contributed by atoms with Crippen LogP contribution in [0.3, 0.4) is 0 Å². The Morgan fingerprint density at radius 2 is 2.19 bits per heavy atom. The van der Waals surface area contributed by atoms with E-state index >= 15 is 0 Å². The maximum atomic E-state index is 13.7. The van der Waals surface area contributed by atoms with Gasteiger partial charge in [-0.25, -0.2) is 17.1 Å². The summed E-state index contributed by atoms with van der Waals surface area (Å²) in [5.74, 6) is -1.02. The van der Waals surface area contributed by atoms with E-state index in [1.807, 2.05) is 0 Å². The fourth-order valence-corrected chi connectivity index (χ4v) is 3.69. The minimum Gasteiger partial charge on any atom is -0.294 e. The molecule has 1 aromatic carbocycles. The van der Waals surface area contributed by atoms with Crippen LogP contribution in [0.4, 0.5) is 4.39 Å². The zero-order valence-electron chi connectivity index (χ0n) is 11.7. The molecule has 0 aliphatic carbocycles. The van der Waals surface area contributed by atoms with Crippen molar-refractivity contribution in [1.29, 1.82) is 0 Å². The monoisotopic (exact) mass is 333 g/mol. The molecular formula is C14H17ClFNO3S. The van der Waals surface area contributed by atoms with Gasteiger partial charge in [-0.05, 0) is 37.0 Å². The largest absolute Gasteiger partial charge is 0.294 e. The number of hydrogen-bond acceptors (Lipinski definition) is 3. The van der Waals surface area contributed by atoms with Gasteiger partial charge in [-0.1, -0.05) is 11.6 Å². The Morgan fingerprint density at radius 3 is 2.86 bits per heavy atom. The lowest BCUT2D eigenvalue weighted by Gasteiger charge is -2.30. The first-order valence-electron chi connectivity index (χ1n) is 6.71. The van der Waals surface area contributed by atoms with Crippen molar-refractivity contribution in [2.45, 2.75) is 19.3 Å². The zero-order chi connectivity index (χ0) is 15.6. The highest BCUT2D eigenvalue weighted by atomic mass is 35.5. The Kier molecular flexibility index (Phi) is 5.01. The SMILES string of the molecule is CS(=O)(=O)N1CCCC(CC(=O)c2cc(Cl)ccc2F)C1. The lowest BCUT2D eigenvalue weighted by Crippen LogP contribution is -2.39. The van der Waals surface area contributed by atoms with Gasteiger partial charge in [0.1, 0.15) is 5.82 Å². The molecule has 4 nitrogen and oxygen atoms in total.